The lowest BCUT2D eigenvalue weighted by Gasteiger charge is -2.28. The van der Waals surface area contributed by atoms with Crippen LogP contribution in [0.1, 0.15) is 44.9 Å². The smallest absolute Gasteiger partial charge is 0.336 e. The van der Waals surface area contributed by atoms with Gasteiger partial charge in [0.2, 0.25) is 0 Å². The lowest BCUT2D eigenvalue weighted by molar-refractivity contribution is -0.384. The van der Waals surface area contributed by atoms with Crippen molar-refractivity contribution in [3.8, 4) is 11.3 Å². The van der Waals surface area contributed by atoms with Crippen molar-refractivity contribution in [1.82, 2.24) is 5.32 Å². The zero-order chi connectivity index (χ0) is 24.3. The van der Waals surface area contributed by atoms with Gasteiger partial charge in [0.1, 0.15) is 11.5 Å². The molecule has 2 heterocycles. The Kier molecular flexibility index (Phi) is 7.01. The van der Waals surface area contributed by atoms with Crippen molar-refractivity contribution < 1.29 is 28.4 Å². The first-order valence-electron chi connectivity index (χ1n) is 10.6. The van der Waals surface area contributed by atoms with Gasteiger partial charge in [0.25, 0.3) is 5.69 Å². The van der Waals surface area contributed by atoms with E-state index in [2.05, 4.69) is 5.32 Å². The van der Waals surface area contributed by atoms with Gasteiger partial charge in [0.05, 0.1) is 40.8 Å². The molecule has 0 saturated heterocycles. The minimum absolute atomic E-state index is 0.101. The lowest BCUT2D eigenvalue weighted by atomic mass is 9.83. The second kappa shape index (κ2) is 9.72. The van der Waals surface area contributed by atoms with Gasteiger partial charge in [0, 0.05) is 17.5 Å². The topological polar surface area (TPSA) is 121 Å². The van der Waals surface area contributed by atoms with E-state index in [1.165, 1.54) is 6.07 Å². The average Bonchev–Trinajstić information content (AvgIpc) is 3.22. The van der Waals surface area contributed by atoms with E-state index in [9.17, 15) is 19.7 Å². The van der Waals surface area contributed by atoms with Gasteiger partial charge < -0.3 is 19.2 Å². The largest absolute Gasteiger partial charge is 0.463 e. The summed E-state index contributed by atoms with van der Waals surface area (Å²) in [7, 11) is 0. The fraction of sp³-hybridized carbons (Fsp3) is 0.333. The number of nitrogens with one attached hydrogen (secondary N) is 1. The molecule has 33 heavy (non-hydrogen) atoms. The van der Waals surface area contributed by atoms with Gasteiger partial charge in [-0.2, -0.15) is 0 Å². The molecule has 0 bridgehead atoms. The van der Waals surface area contributed by atoms with Gasteiger partial charge in [-0.1, -0.05) is 12.1 Å². The van der Waals surface area contributed by atoms with Crippen molar-refractivity contribution in [2.24, 2.45) is 0 Å². The first-order chi connectivity index (χ1) is 15.7. The summed E-state index contributed by atoms with van der Waals surface area (Å²) >= 11 is 0. The molecule has 0 aliphatic carbocycles. The third-order valence-corrected chi connectivity index (χ3v) is 5.36. The number of aryl methyl sites for hydroxylation is 1. The summed E-state index contributed by atoms with van der Waals surface area (Å²) in [6.45, 7) is 8.85. The highest BCUT2D eigenvalue weighted by Crippen LogP contribution is 2.42. The number of dihydropyridines is 1. The Bertz CT molecular complexity index is 1130. The molecule has 1 aliphatic heterocycles. The Labute approximate surface area is 191 Å². The van der Waals surface area contributed by atoms with Crippen LogP contribution in [0.3, 0.4) is 0 Å². The predicted octanol–water partition coefficient (Wildman–Crippen LogP) is 4.52. The highest BCUT2D eigenvalue weighted by molar-refractivity contribution is 5.99. The van der Waals surface area contributed by atoms with E-state index < -0.39 is 22.8 Å². The number of benzene rings is 1. The Morgan fingerprint density at radius 2 is 1.58 bits per heavy atom. The SMILES string of the molecule is CCOC(=O)C1=C(C)NC(C)=C(C(=O)OCC)C1c1ccc(-c2c(C)cccc2[N+](=O)[O-])o1. The van der Waals surface area contributed by atoms with Crippen molar-refractivity contribution in [3.63, 3.8) is 0 Å². The van der Waals surface area contributed by atoms with E-state index in [0.29, 0.717) is 22.5 Å². The van der Waals surface area contributed by atoms with Crippen LogP contribution in [0.4, 0.5) is 5.69 Å². The van der Waals surface area contributed by atoms with Gasteiger partial charge in [0.15, 0.2) is 0 Å². The minimum Gasteiger partial charge on any atom is -0.463 e. The van der Waals surface area contributed by atoms with E-state index in [4.69, 9.17) is 13.9 Å². The quantitative estimate of drug-likeness (QED) is 0.368. The summed E-state index contributed by atoms with van der Waals surface area (Å²) in [6.07, 6.45) is 0. The molecule has 174 valence electrons. The summed E-state index contributed by atoms with van der Waals surface area (Å²) in [5.41, 5.74) is 2.35. The summed E-state index contributed by atoms with van der Waals surface area (Å²) in [5, 5.41) is 14.6. The summed E-state index contributed by atoms with van der Waals surface area (Å²) < 4.78 is 16.6. The van der Waals surface area contributed by atoms with Gasteiger partial charge in [-0.05, 0) is 52.3 Å². The molecule has 2 aromatic rings. The van der Waals surface area contributed by atoms with E-state index in [-0.39, 0.29) is 41.6 Å². The molecule has 1 N–H and O–H groups in total. The van der Waals surface area contributed by atoms with Crippen LogP contribution in [0.5, 0.6) is 0 Å². The number of carbonyl (C=O) groups excluding carboxylic acids is 2. The maximum atomic E-state index is 12.9. The lowest BCUT2D eigenvalue weighted by Crippen LogP contribution is -2.32. The molecule has 1 aromatic carbocycles. The average molecular weight is 454 g/mol. The van der Waals surface area contributed by atoms with Gasteiger partial charge in [-0.25, -0.2) is 9.59 Å². The normalized spacial score (nSPS) is 14.2. The molecule has 0 atom stereocenters. The molecule has 0 amide bonds. The van der Waals surface area contributed by atoms with Crippen molar-refractivity contribution in [3.05, 3.63) is 74.3 Å². The number of nitrogens with zero attached hydrogens (tertiary/aromatic N) is 1. The zero-order valence-corrected chi connectivity index (χ0v) is 19.2. The summed E-state index contributed by atoms with van der Waals surface area (Å²) in [6, 6.07) is 7.96. The number of esters is 2. The fourth-order valence-corrected chi connectivity index (χ4v) is 4.00. The molecule has 1 aromatic heterocycles. The molecule has 3 rings (SSSR count). The molecule has 0 unspecified atom stereocenters. The first kappa shape index (κ1) is 23.8. The predicted molar refractivity (Wildman–Crippen MR) is 120 cm³/mol. The second-order valence-corrected chi connectivity index (χ2v) is 7.50. The summed E-state index contributed by atoms with van der Waals surface area (Å²) in [5.74, 6) is -1.56. The van der Waals surface area contributed by atoms with E-state index >= 15 is 0 Å². The number of ether oxygens (including phenoxy) is 2. The molecule has 9 nitrogen and oxygen atoms in total. The minimum atomic E-state index is -0.902. The van der Waals surface area contributed by atoms with Crippen molar-refractivity contribution in [2.45, 2.75) is 40.5 Å². The Morgan fingerprint density at radius 1 is 1.00 bits per heavy atom. The third kappa shape index (κ3) is 4.52. The molecule has 9 heteroatoms. The first-order valence-corrected chi connectivity index (χ1v) is 10.6. The van der Waals surface area contributed by atoms with Crippen LogP contribution in [0, 0.1) is 17.0 Å². The van der Waals surface area contributed by atoms with Crippen molar-refractivity contribution in [1.29, 1.82) is 0 Å². The van der Waals surface area contributed by atoms with Gasteiger partial charge in [-0.15, -0.1) is 0 Å². The second-order valence-electron chi connectivity index (χ2n) is 7.50. The van der Waals surface area contributed by atoms with Crippen LogP contribution in [-0.4, -0.2) is 30.1 Å². The molecular formula is C24H26N2O7. The number of allylic oxidation sites excluding steroid dienone is 2. The molecule has 0 fully saturated rings. The third-order valence-electron chi connectivity index (χ3n) is 5.36. The van der Waals surface area contributed by atoms with Crippen LogP contribution in [0.15, 0.2) is 57.3 Å². The molecular weight excluding hydrogens is 428 g/mol. The maximum absolute atomic E-state index is 12.9. The molecule has 0 radical (unpaired) electrons. The number of hydrogen-bond donors (Lipinski definition) is 1. The molecule has 1 aliphatic rings. The monoisotopic (exact) mass is 454 g/mol. The van der Waals surface area contributed by atoms with E-state index in [1.807, 2.05) is 0 Å². The number of rotatable bonds is 7. The Morgan fingerprint density at radius 3 is 2.09 bits per heavy atom. The fourth-order valence-electron chi connectivity index (χ4n) is 4.00. The number of furan rings is 1. The molecule has 0 saturated carbocycles. The van der Waals surface area contributed by atoms with Crippen LogP contribution in [-0.2, 0) is 19.1 Å². The molecule has 0 spiro atoms. The highest BCUT2D eigenvalue weighted by atomic mass is 16.6. The van der Waals surface area contributed by atoms with Crippen LogP contribution in [0.2, 0.25) is 0 Å². The Hall–Kier alpha value is -3.88. The van der Waals surface area contributed by atoms with Gasteiger partial charge >= 0.3 is 11.9 Å². The van der Waals surface area contributed by atoms with E-state index in [1.54, 1.807) is 58.9 Å². The zero-order valence-electron chi connectivity index (χ0n) is 19.2. The number of nitro groups is 1. The van der Waals surface area contributed by atoms with Crippen LogP contribution >= 0.6 is 0 Å². The highest BCUT2D eigenvalue weighted by Gasteiger charge is 2.40. The maximum Gasteiger partial charge on any atom is 0.336 e. The van der Waals surface area contributed by atoms with Crippen LogP contribution in [0.25, 0.3) is 11.3 Å². The number of hydrogen-bond acceptors (Lipinski definition) is 8. The number of carbonyl (C=O) groups is 2. The standard InChI is InChI=1S/C24H26N2O7/c1-6-31-23(27)20-14(4)25-15(5)21(24(28)32-7-2)22(20)18-12-11-17(33-18)19-13(3)9-8-10-16(19)26(29)30/h8-12,22,25H,6-7H2,1-5H3. The van der Waals surface area contributed by atoms with Crippen LogP contribution < -0.4 is 5.32 Å². The summed E-state index contributed by atoms with van der Waals surface area (Å²) in [4.78, 5) is 36.9. The Balaban J connectivity index is 2.20. The number of nitro benzene ring substituents is 1. The van der Waals surface area contributed by atoms with Gasteiger partial charge in [-0.3, -0.25) is 10.1 Å². The van der Waals surface area contributed by atoms with Crippen molar-refractivity contribution >= 4 is 17.6 Å². The van der Waals surface area contributed by atoms with E-state index in [0.717, 1.165) is 0 Å². The van der Waals surface area contributed by atoms with Crippen molar-refractivity contribution in [2.75, 3.05) is 13.2 Å².